The number of ether oxygens (including phenoxy) is 3. The molecule has 2 saturated heterocycles. The maximum absolute atomic E-state index is 13.2. The number of phenols is 1. The predicted molar refractivity (Wildman–Crippen MR) is 145 cm³/mol. The Kier molecular flexibility index (Phi) is 7.97. The molecule has 0 saturated carbocycles. The number of pyridine rings is 1. The maximum atomic E-state index is 13.2. The van der Waals surface area contributed by atoms with E-state index >= 15 is 0 Å². The minimum absolute atomic E-state index is 0.159. The van der Waals surface area contributed by atoms with Crippen LogP contribution in [0.4, 0.5) is 4.79 Å². The van der Waals surface area contributed by atoms with Gasteiger partial charge in [-0.25, -0.2) is 4.79 Å². The molecule has 3 heterocycles. The van der Waals surface area contributed by atoms with Crippen molar-refractivity contribution in [2.45, 2.75) is 25.4 Å². The maximum Gasteiger partial charge on any atom is 0.423 e. The normalized spacial score (nSPS) is 24.7. The summed E-state index contributed by atoms with van der Waals surface area (Å²) in [6, 6.07) is 10.9. The highest BCUT2D eigenvalue weighted by Crippen LogP contribution is 2.50. The van der Waals surface area contributed by atoms with Crippen LogP contribution in [0, 0.1) is 17.8 Å². The van der Waals surface area contributed by atoms with Crippen LogP contribution in [-0.4, -0.2) is 66.4 Å². The molecule has 0 unspecified atom stereocenters. The van der Waals surface area contributed by atoms with Crippen molar-refractivity contribution in [1.29, 1.82) is 0 Å². The third kappa shape index (κ3) is 5.16. The van der Waals surface area contributed by atoms with Crippen molar-refractivity contribution in [3.05, 3.63) is 69.5 Å². The van der Waals surface area contributed by atoms with Crippen LogP contribution >= 0.6 is 15.9 Å². The molecule has 1 aromatic heterocycles. The lowest BCUT2D eigenvalue weighted by atomic mass is 9.69. The van der Waals surface area contributed by atoms with Crippen molar-refractivity contribution in [2.24, 2.45) is 17.8 Å². The molecule has 1 N–H and O–H groups in total. The van der Waals surface area contributed by atoms with E-state index in [-0.39, 0.29) is 24.4 Å². The van der Waals surface area contributed by atoms with E-state index in [0.29, 0.717) is 36.3 Å². The highest BCUT2D eigenvalue weighted by Gasteiger charge is 2.58. The minimum Gasteiger partial charge on any atom is -0.507 e. The summed E-state index contributed by atoms with van der Waals surface area (Å²) in [5, 5.41) is 10.4. The molecule has 0 radical (unpaired) electrons. The summed E-state index contributed by atoms with van der Waals surface area (Å²) >= 11 is 3.47. The summed E-state index contributed by atoms with van der Waals surface area (Å²) in [6.07, 6.45) is 3.91. The van der Waals surface area contributed by atoms with Crippen LogP contribution in [-0.2, 0) is 23.8 Å². The van der Waals surface area contributed by atoms with Crippen LogP contribution in [0.25, 0.3) is 11.6 Å². The Morgan fingerprint density at radius 2 is 2.03 bits per heavy atom. The number of hydrogen-bond acceptors (Lipinski definition) is 8. The number of imide groups is 3. The second-order valence-corrected chi connectivity index (χ2v) is 10.8. The standard InChI is InChI=1S/C29H29BrN2O7/c1-37-14-18-13-20-26(28(35)32(27(20)34)29(36)38-2)21-15-39-24(25(18)21)9-6-16(22-5-3-4-10-31-22)11-17-12-19(30)7-8-23(17)33/h3-5,7-8,10-12,20-21,24,26,33H,6,9,13-15H2,1-2H3/b16-11-/t20-,21+,24-,26-/m1/s1. The summed E-state index contributed by atoms with van der Waals surface area (Å²) in [4.78, 5) is 43.6. The average Bonchev–Trinajstić information content (AvgIpc) is 3.47. The number of nitrogens with zero attached hydrogens (tertiary/aromatic N) is 2. The number of carbonyl (C=O) groups is 3. The second kappa shape index (κ2) is 11.4. The molecule has 39 heavy (non-hydrogen) atoms. The van der Waals surface area contributed by atoms with Crippen molar-refractivity contribution in [3.63, 3.8) is 0 Å². The number of rotatable bonds is 7. The van der Waals surface area contributed by atoms with Gasteiger partial charge in [-0.1, -0.05) is 22.0 Å². The average molecular weight is 597 g/mol. The lowest BCUT2D eigenvalue weighted by Gasteiger charge is -2.31. The molecular weight excluding hydrogens is 568 g/mol. The number of aromatic hydroxyl groups is 1. The zero-order valence-corrected chi connectivity index (χ0v) is 23.2. The number of amides is 3. The number of likely N-dealkylation sites (tertiary alicyclic amines) is 1. The number of aromatic nitrogens is 1. The van der Waals surface area contributed by atoms with Gasteiger partial charge in [-0.2, -0.15) is 4.90 Å². The van der Waals surface area contributed by atoms with Crippen LogP contribution < -0.4 is 0 Å². The Bertz CT molecular complexity index is 1360. The van der Waals surface area contributed by atoms with E-state index in [1.165, 1.54) is 0 Å². The Balaban J connectivity index is 1.44. The molecule has 4 atom stereocenters. The summed E-state index contributed by atoms with van der Waals surface area (Å²) in [7, 11) is 2.74. The van der Waals surface area contributed by atoms with E-state index in [1.807, 2.05) is 30.3 Å². The van der Waals surface area contributed by atoms with Gasteiger partial charge in [0, 0.05) is 29.3 Å². The monoisotopic (exact) mass is 596 g/mol. The van der Waals surface area contributed by atoms with E-state index in [2.05, 4.69) is 20.9 Å². The van der Waals surface area contributed by atoms with Crippen LogP contribution in [0.3, 0.4) is 0 Å². The zero-order valence-electron chi connectivity index (χ0n) is 21.6. The van der Waals surface area contributed by atoms with Crippen molar-refractivity contribution in [3.8, 4) is 5.75 Å². The summed E-state index contributed by atoms with van der Waals surface area (Å²) < 4.78 is 17.3. The smallest absolute Gasteiger partial charge is 0.423 e. The fourth-order valence-electron chi connectivity index (χ4n) is 5.99. The highest BCUT2D eigenvalue weighted by molar-refractivity contribution is 9.10. The fourth-order valence-corrected chi connectivity index (χ4v) is 6.37. The Morgan fingerprint density at radius 3 is 2.74 bits per heavy atom. The third-order valence-corrected chi connectivity index (χ3v) is 8.17. The number of benzene rings is 1. The fraction of sp³-hybridized carbons (Fsp3) is 0.379. The van der Waals surface area contributed by atoms with E-state index < -0.39 is 29.7 Å². The minimum atomic E-state index is -0.953. The van der Waals surface area contributed by atoms with Gasteiger partial charge in [0.25, 0.3) is 0 Å². The first kappa shape index (κ1) is 27.2. The lowest BCUT2D eigenvalue weighted by molar-refractivity contribution is -0.137. The van der Waals surface area contributed by atoms with Crippen LogP contribution in [0.2, 0.25) is 0 Å². The lowest BCUT2D eigenvalue weighted by Crippen LogP contribution is -2.38. The molecule has 1 aliphatic carbocycles. The molecule has 10 heteroatoms. The van der Waals surface area contributed by atoms with Gasteiger partial charge in [0.15, 0.2) is 0 Å². The highest BCUT2D eigenvalue weighted by atomic mass is 79.9. The van der Waals surface area contributed by atoms with Gasteiger partial charge in [-0.05, 0) is 72.4 Å². The van der Waals surface area contributed by atoms with Gasteiger partial charge in [-0.15, -0.1) is 0 Å². The number of carbonyl (C=O) groups excluding carboxylic acids is 3. The van der Waals surface area contributed by atoms with Crippen LogP contribution in [0.15, 0.2) is 58.2 Å². The first-order valence-corrected chi connectivity index (χ1v) is 13.5. The molecule has 1 aromatic carbocycles. The van der Waals surface area contributed by atoms with Gasteiger partial charge in [-0.3, -0.25) is 14.6 Å². The van der Waals surface area contributed by atoms with E-state index in [4.69, 9.17) is 14.2 Å². The number of fused-ring (bicyclic) bond motifs is 3. The van der Waals surface area contributed by atoms with Crippen LogP contribution in [0.5, 0.6) is 5.75 Å². The quantitative estimate of drug-likeness (QED) is 0.364. The SMILES string of the molecule is COCC1=C2[C@@H](CC/C(=C/c3cc(Br)ccc3O)c3ccccn3)OC[C@@H]2[C@@H]2C(=O)N(C(=O)OC)C(=O)[C@@H]2C1. The van der Waals surface area contributed by atoms with Crippen molar-refractivity contribution in [1.82, 2.24) is 9.88 Å². The Hall–Kier alpha value is -3.34. The van der Waals surface area contributed by atoms with Crippen LogP contribution in [0.1, 0.15) is 30.5 Å². The van der Waals surface area contributed by atoms with Gasteiger partial charge in [0.05, 0.1) is 44.0 Å². The Morgan fingerprint density at radius 1 is 1.21 bits per heavy atom. The molecule has 3 amide bonds. The molecule has 2 aliphatic heterocycles. The first-order valence-electron chi connectivity index (χ1n) is 12.7. The molecule has 3 aliphatic rings. The molecule has 0 spiro atoms. The predicted octanol–water partition coefficient (Wildman–Crippen LogP) is 4.60. The third-order valence-electron chi connectivity index (χ3n) is 7.67. The molecule has 5 rings (SSSR count). The number of halogens is 1. The zero-order chi connectivity index (χ0) is 27.7. The number of phenolic OH excluding ortho intramolecular Hbond substituents is 1. The molecule has 2 aromatic rings. The van der Waals surface area contributed by atoms with Gasteiger partial charge in [0.1, 0.15) is 5.75 Å². The summed E-state index contributed by atoms with van der Waals surface area (Å²) in [6.45, 7) is 0.584. The second-order valence-electron chi connectivity index (χ2n) is 9.87. The van der Waals surface area contributed by atoms with Crippen molar-refractivity contribution in [2.75, 3.05) is 27.4 Å². The Labute approximate surface area is 234 Å². The number of hydrogen-bond donors (Lipinski definition) is 1. The molecular formula is C29H29BrN2O7. The van der Waals surface area contributed by atoms with Gasteiger partial charge >= 0.3 is 6.09 Å². The summed E-state index contributed by atoms with van der Waals surface area (Å²) in [5.74, 6) is -2.52. The van der Waals surface area contributed by atoms with Crippen molar-refractivity contribution >= 4 is 45.5 Å². The first-order chi connectivity index (χ1) is 18.8. The molecule has 204 valence electrons. The van der Waals surface area contributed by atoms with Gasteiger partial charge in [0.2, 0.25) is 11.8 Å². The van der Waals surface area contributed by atoms with E-state index in [9.17, 15) is 19.5 Å². The topological polar surface area (TPSA) is 115 Å². The van der Waals surface area contributed by atoms with E-state index in [1.54, 1.807) is 25.4 Å². The molecule has 2 fully saturated rings. The molecule has 0 bridgehead atoms. The van der Waals surface area contributed by atoms with Gasteiger partial charge < -0.3 is 19.3 Å². The van der Waals surface area contributed by atoms with E-state index in [0.717, 1.165) is 34.0 Å². The largest absolute Gasteiger partial charge is 0.507 e. The number of allylic oxidation sites excluding steroid dienone is 1. The number of methoxy groups -OCH3 is 2. The van der Waals surface area contributed by atoms with Crippen molar-refractivity contribution < 1.29 is 33.7 Å². The molecule has 9 nitrogen and oxygen atoms in total. The summed E-state index contributed by atoms with van der Waals surface area (Å²) in [5.41, 5.74) is 4.28.